The average Bonchev–Trinajstić information content (AvgIpc) is 2.73. The quantitative estimate of drug-likeness (QED) is 0.835. The van der Waals surface area contributed by atoms with Gasteiger partial charge in [-0.1, -0.05) is 13.8 Å². The van der Waals surface area contributed by atoms with E-state index in [9.17, 15) is 14.7 Å². The lowest BCUT2D eigenvalue weighted by Crippen LogP contribution is -2.57. The molecule has 0 aliphatic heterocycles. The lowest BCUT2D eigenvalue weighted by atomic mass is 9.71. The van der Waals surface area contributed by atoms with Crippen molar-refractivity contribution < 1.29 is 19.4 Å². The van der Waals surface area contributed by atoms with E-state index in [0.717, 1.165) is 19.3 Å². The number of hydrogen-bond acceptors (Lipinski definition) is 3. The zero-order valence-electron chi connectivity index (χ0n) is 12.9. The van der Waals surface area contributed by atoms with Gasteiger partial charge in [-0.15, -0.1) is 0 Å². The van der Waals surface area contributed by atoms with E-state index in [4.69, 9.17) is 4.74 Å². The van der Waals surface area contributed by atoms with Crippen LogP contribution in [0.3, 0.4) is 0 Å². The van der Waals surface area contributed by atoms with Crippen molar-refractivity contribution in [2.45, 2.75) is 65.0 Å². The molecule has 114 valence electrons. The number of ether oxygens (including phenoxy) is 1. The van der Waals surface area contributed by atoms with Gasteiger partial charge in [0.25, 0.3) is 0 Å². The number of amides is 1. The molecule has 2 atom stereocenters. The standard InChI is InChI=1S/C15H25NO4/c1-13(2,3)20-12(19)16-15(7-6-8-15)10-9(11(17)18)14(10,4)5/h9-10H,6-8H2,1-5H3,(H,16,19)(H,17,18)/t9-,10+/m0/s1. The molecule has 0 saturated heterocycles. The Morgan fingerprint density at radius 1 is 1.25 bits per heavy atom. The molecule has 0 aromatic heterocycles. The van der Waals surface area contributed by atoms with Crippen LogP contribution in [0.2, 0.25) is 0 Å². The maximum atomic E-state index is 12.0. The minimum absolute atomic E-state index is 0.00577. The van der Waals surface area contributed by atoms with Crippen LogP contribution in [0, 0.1) is 17.3 Å². The Morgan fingerprint density at radius 2 is 1.80 bits per heavy atom. The van der Waals surface area contributed by atoms with Gasteiger partial charge in [0, 0.05) is 11.5 Å². The van der Waals surface area contributed by atoms with Crippen molar-refractivity contribution in [3.05, 3.63) is 0 Å². The van der Waals surface area contributed by atoms with Crippen LogP contribution in [0.4, 0.5) is 4.79 Å². The summed E-state index contributed by atoms with van der Waals surface area (Å²) in [6, 6.07) is 0. The number of carbonyl (C=O) groups excluding carboxylic acids is 1. The normalized spacial score (nSPS) is 30.1. The van der Waals surface area contributed by atoms with Gasteiger partial charge in [-0.3, -0.25) is 4.79 Å². The molecule has 5 nitrogen and oxygen atoms in total. The molecule has 0 spiro atoms. The summed E-state index contributed by atoms with van der Waals surface area (Å²) in [4.78, 5) is 23.4. The predicted octanol–water partition coefficient (Wildman–Crippen LogP) is 2.79. The molecule has 20 heavy (non-hydrogen) atoms. The van der Waals surface area contributed by atoms with Gasteiger partial charge in [-0.2, -0.15) is 0 Å². The van der Waals surface area contributed by atoms with Crippen LogP contribution in [0.1, 0.15) is 53.9 Å². The molecule has 0 heterocycles. The Labute approximate surface area is 120 Å². The first kappa shape index (κ1) is 15.1. The van der Waals surface area contributed by atoms with Crippen molar-refractivity contribution >= 4 is 12.1 Å². The predicted molar refractivity (Wildman–Crippen MR) is 74.3 cm³/mol. The molecule has 2 aliphatic rings. The highest BCUT2D eigenvalue weighted by Gasteiger charge is 2.71. The van der Waals surface area contributed by atoms with E-state index in [1.165, 1.54) is 0 Å². The highest BCUT2D eigenvalue weighted by molar-refractivity contribution is 5.77. The topological polar surface area (TPSA) is 75.6 Å². The van der Waals surface area contributed by atoms with Crippen LogP contribution >= 0.6 is 0 Å². The molecule has 2 rings (SSSR count). The summed E-state index contributed by atoms with van der Waals surface area (Å²) >= 11 is 0. The first-order chi connectivity index (χ1) is 9.00. The number of carboxylic acid groups (broad SMARTS) is 1. The van der Waals surface area contributed by atoms with Gasteiger partial charge in [0.1, 0.15) is 5.60 Å². The minimum atomic E-state index is -0.766. The molecule has 0 bridgehead atoms. The van der Waals surface area contributed by atoms with E-state index in [1.54, 1.807) is 0 Å². The summed E-state index contributed by atoms with van der Waals surface area (Å²) in [5, 5.41) is 12.3. The fraction of sp³-hybridized carbons (Fsp3) is 0.867. The van der Waals surface area contributed by atoms with Crippen LogP contribution in [0.15, 0.2) is 0 Å². The molecule has 0 radical (unpaired) electrons. The molecule has 5 heteroatoms. The molecule has 2 aliphatic carbocycles. The molecular weight excluding hydrogens is 258 g/mol. The summed E-state index contributed by atoms with van der Waals surface area (Å²) in [5.74, 6) is -1.15. The number of alkyl carbamates (subject to hydrolysis) is 1. The van der Waals surface area contributed by atoms with Crippen molar-refractivity contribution in [2.75, 3.05) is 0 Å². The highest BCUT2D eigenvalue weighted by atomic mass is 16.6. The summed E-state index contributed by atoms with van der Waals surface area (Å²) in [5.41, 5.74) is -1.20. The Bertz CT molecular complexity index is 432. The van der Waals surface area contributed by atoms with Gasteiger partial charge in [0.2, 0.25) is 0 Å². The lowest BCUT2D eigenvalue weighted by Gasteiger charge is -2.44. The van der Waals surface area contributed by atoms with E-state index < -0.39 is 23.2 Å². The second-order valence-electron chi connectivity index (χ2n) is 7.75. The second-order valence-corrected chi connectivity index (χ2v) is 7.75. The summed E-state index contributed by atoms with van der Waals surface area (Å²) in [6.45, 7) is 9.39. The number of hydrogen-bond donors (Lipinski definition) is 2. The number of nitrogens with one attached hydrogen (secondary N) is 1. The SMILES string of the molecule is CC(C)(C)OC(=O)NC1([C@@H]2[C@@H](C(=O)O)C2(C)C)CCC1. The summed E-state index contributed by atoms with van der Waals surface area (Å²) in [7, 11) is 0. The third-order valence-electron chi connectivity index (χ3n) is 4.68. The Hall–Kier alpha value is -1.26. The van der Waals surface area contributed by atoms with Gasteiger partial charge in [0.15, 0.2) is 0 Å². The van der Waals surface area contributed by atoms with E-state index in [2.05, 4.69) is 5.32 Å². The fourth-order valence-corrected chi connectivity index (χ4v) is 3.71. The van der Waals surface area contributed by atoms with Crippen LogP contribution in [-0.2, 0) is 9.53 Å². The van der Waals surface area contributed by atoms with Gasteiger partial charge >= 0.3 is 12.1 Å². The van der Waals surface area contributed by atoms with Crippen LogP contribution < -0.4 is 5.32 Å². The van der Waals surface area contributed by atoms with Gasteiger partial charge < -0.3 is 15.2 Å². The molecule has 0 aromatic rings. The molecule has 2 fully saturated rings. The summed E-state index contributed by atoms with van der Waals surface area (Å²) in [6.07, 6.45) is 2.26. The third kappa shape index (κ3) is 2.50. The van der Waals surface area contributed by atoms with Gasteiger partial charge in [0.05, 0.1) is 5.92 Å². The zero-order valence-corrected chi connectivity index (χ0v) is 12.9. The minimum Gasteiger partial charge on any atom is -0.481 e. The molecule has 2 N–H and O–H groups in total. The molecule has 0 aromatic carbocycles. The zero-order chi connectivity index (χ0) is 15.3. The molecule has 0 unspecified atom stereocenters. The smallest absolute Gasteiger partial charge is 0.408 e. The van der Waals surface area contributed by atoms with Crippen LogP contribution in [0.25, 0.3) is 0 Å². The van der Waals surface area contributed by atoms with E-state index >= 15 is 0 Å². The van der Waals surface area contributed by atoms with Gasteiger partial charge in [-0.25, -0.2) is 4.79 Å². The van der Waals surface area contributed by atoms with Gasteiger partial charge in [-0.05, 0) is 45.4 Å². The van der Waals surface area contributed by atoms with Crippen molar-refractivity contribution in [1.29, 1.82) is 0 Å². The van der Waals surface area contributed by atoms with E-state index in [1.807, 2.05) is 34.6 Å². The second kappa shape index (κ2) is 4.37. The maximum absolute atomic E-state index is 12.0. The Morgan fingerprint density at radius 3 is 2.10 bits per heavy atom. The molecule has 2 saturated carbocycles. The largest absolute Gasteiger partial charge is 0.481 e. The average molecular weight is 283 g/mol. The first-order valence-electron chi connectivity index (χ1n) is 7.24. The summed E-state index contributed by atoms with van der Waals surface area (Å²) < 4.78 is 5.31. The highest BCUT2D eigenvalue weighted by Crippen LogP contribution is 2.66. The fourth-order valence-electron chi connectivity index (χ4n) is 3.71. The number of carboxylic acids is 1. The van der Waals surface area contributed by atoms with Crippen LogP contribution in [0.5, 0.6) is 0 Å². The first-order valence-corrected chi connectivity index (χ1v) is 7.24. The van der Waals surface area contributed by atoms with Crippen molar-refractivity contribution in [1.82, 2.24) is 5.32 Å². The van der Waals surface area contributed by atoms with Crippen molar-refractivity contribution in [3.63, 3.8) is 0 Å². The number of carbonyl (C=O) groups is 2. The van der Waals surface area contributed by atoms with Crippen molar-refractivity contribution in [2.24, 2.45) is 17.3 Å². The maximum Gasteiger partial charge on any atom is 0.408 e. The van der Waals surface area contributed by atoms with Crippen molar-refractivity contribution in [3.8, 4) is 0 Å². The number of rotatable bonds is 3. The third-order valence-corrected chi connectivity index (χ3v) is 4.68. The Kier molecular flexibility index (Phi) is 3.30. The number of aliphatic carboxylic acids is 1. The molecule has 1 amide bonds. The monoisotopic (exact) mass is 283 g/mol. The van der Waals surface area contributed by atoms with E-state index in [0.29, 0.717) is 0 Å². The Balaban J connectivity index is 2.08. The lowest BCUT2D eigenvalue weighted by molar-refractivity contribution is -0.139. The van der Waals surface area contributed by atoms with Crippen LogP contribution in [-0.4, -0.2) is 28.3 Å². The molecular formula is C15H25NO4. The van der Waals surface area contributed by atoms with E-state index in [-0.39, 0.29) is 17.3 Å².